The molecule has 1 amide bonds. The average Bonchev–Trinajstić information content (AvgIpc) is 3.29. The predicted molar refractivity (Wildman–Crippen MR) is 137 cm³/mol. The number of anilines is 2. The highest BCUT2D eigenvalue weighted by molar-refractivity contribution is 8.00. The predicted octanol–water partition coefficient (Wildman–Crippen LogP) is 4.97. The second-order valence-corrected chi connectivity index (χ2v) is 11.4. The lowest BCUT2D eigenvalue weighted by atomic mass is 10.2. The third-order valence-corrected chi connectivity index (χ3v) is 8.60. The maximum absolute atomic E-state index is 13.4. The molecule has 0 saturated carbocycles. The Labute approximate surface area is 206 Å². The monoisotopic (exact) mass is 510 g/mol. The number of aromatic nitrogens is 2. The molecule has 34 heavy (non-hydrogen) atoms. The normalized spacial score (nSPS) is 11.2. The van der Waals surface area contributed by atoms with Crippen molar-refractivity contribution in [2.45, 2.75) is 21.9 Å². The van der Waals surface area contributed by atoms with Gasteiger partial charge in [-0.2, -0.15) is 0 Å². The molecule has 174 valence electrons. The van der Waals surface area contributed by atoms with Crippen LogP contribution in [0.2, 0.25) is 0 Å². The second kappa shape index (κ2) is 10.8. The lowest BCUT2D eigenvalue weighted by Gasteiger charge is -2.24. The first-order chi connectivity index (χ1) is 16.4. The maximum atomic E-state index is 13.4. The number of hydrogen-bond donors (Lipinski definition) is 1. The third kappa shape index (κ3) is 6.02. The molecule has 0 spiro atoms. The molecular formula is C24H22N4O3S3. The molecule has 0 fully saturated rings. The van der Waals surface area contributed by atoms with Gasteiger partial charge < -0.3 is 0 Å². The smallest absolute Gasteiger partial charge is 0.264 e. The first-order valence-electron chi connectivity index (χ1n) is 10.4. The summed E-state index contributed by atoms with van der Waals surface area (Å²) in [6, 6.07) is 25.1. The Balaban J connectivity index is 1.49. The van der Waals surface area contributed by atoms with Crippen molar-refractivity contribution in [1.29, 1.82) is 0 Å². The van der Waals surface area contributed by atoms with Crippen LogP contribution in [-0.2, 0) is 20.6 Å². The van der Waals surface area contributed by atoms with Gasteiger partial charge in [-0.3, -0.25) is 14.4 Å². The van der Waals surface area contributed by atoms with Crippen LogP contribution in [0.1, 0.15) is 11.1 Å². The first kappa shape index (κ1) is 23.9. The summed E-state index contributed by atoms with van der Waals surface area (Å²) in [5.41, 5.74) is 2.46. The zero-order chi connectivity index (χ0) is 24.0. The van der Waals surface area contributed by atoms with Crippen LogP contribution in [0, 0.1) is 6.92 Å². The fourth-order valence-electron chi connectivity index (χ4n) is 3.14. The van der Waals surface area contributed by atoms with Gasteiger partial charge in [-0.1, -0.05) is 83.8 Å². The summed E-state index contributed by atoms with van der Waals surface area (Å²) in [7, 11) is -3.96. The number of amides is 1. The molecular weight excluding hydrogens is 488 g/mol. The fourth-order valence-corrected chi connectivity index (χ4v) is 6.30. The summed E-state index contributed by atoms with van der Waals surface area (Å²) in [5.74, 6) is 0.233. The van der Waals surface area contributed by atoms with Gasteiger partial charge in [0.25, 0.3) is 10.0 Å². The Morgan fingerprint density at radius 2 is 1.68 bits per heavy atom. The average molecular weight is 511 g/mol. The molecule has 0 radical (unpaired) electrons. The van der Waals surface area contributed by atoms with E-state index in [1.54, 1.807) is 36.4 Å². The Hall–Kier alpha value is -3.21. The second-order valence-electron chi connectivity index (χ2n) is 7.36. The van der Waals surface area contributed by atoms with Gasteiger partial charge in [0.1, 0.15) is 6.54 Å². The highest BCUT2D eigenvalue weighted by atomic mass is 32.2. The highest BCUT2D eigenvalue weighted by Crippen LogP contribution is 2.29. The van der Waals surface area contributed by atoms with Crippen molar-refractivity contribution in [3.63, 3.8) is 0 Å². The van der Waals surface area contributed by atoms with Gasteiger partial charge in [0, 0.05) is 5.75 Å². The van der Waals surface area contributed by atoms with E-state index in [-0.39, 0.29) is 4.90 Å². The van der Waals surface area contributed by atoms with Crippen molar-refractivity contribution in [1.82, 2.24) is 10.2 Å². The zero-order valence-electron chi connectivity index (χ0n) is 18.3. The van der Waals surface area contributed by atoms with Gasteiger partial charge >= 0.3 is 0 Å². The topological polar surface area (TPSA) is 92.3 Å². The fraction of sp³-hybridized carbons (Fsp3) is 0.125. The lowest BCUT2D eigenvalue weighted by Crippen LogP contribution is -2.38. The molecule has 1 N–H and O–H groups in total. The summed E-state index contributed by atoms with van der Waals surface area (Å²) in [4.78, 5) is 13.0. The van der Waals surface area contributed by atoms with Crippen LogP contribution in [0.3, 0.4) is 0 Å². The molecule has 4 rings (SSSR count). The van der Waals surface area contributed by atoms with Gasteiger partial charge in [0.05, 0.1) is 10.6 Å². The Kier molecular flexibility index (Phi) is 7.61. The molecule has 0 aliphatic carbocycles. The van der Waals surface area contributed by atoms with Crippen LogP contribution in [0.25, 0.3) is 0 Å². The van der Waals surface area contributed by atoms with Crippen molar-refractivity contribution >= 4 is 49.8 Å². The number of aryl methyl sites for hydroxylation is 1. The van der Waals surface area contributed by atoms with Crippen molar-refractivity contribution in [2.24, 2.45) is 0 Å². The highest BCUT2D eigenvalue weighted by Gasteiger charge is 2.27. The Morgan fingerprint density at radius 1 is 0.971 bits per heavy atom. The number of benzene rings is 3. The van der Waals surface area contributed by atoms with E-state index < -0.39 is 22.5 Å². The van der Waals surface area contributed by atoms with Crippen LogP contribution in [-0.4, -0.2) is 31.1 Å². The summed E-state index contributed by atoms with van der Waals surface area (Å²) in [6.45, 7) is 1.47. The van der Waals surface area contributed by atoms with E-state index in [0.717, 1.165) is 21.2 Å². The van der Waals surface area contributed by atoms with Crippen molar-refractivity contribution in [3.8, 4) is 0 Å². The van der Waals surface area contributed by atoms with Crippen molar-refractivity contribution in [3.05, 3.63) is 96.1 Å². The van der Waals surface area contributed by atoms with Crippen molar-refractivity contribution in [2.75, 3.05) is 16.2 Å². The minimum Gasteiger partial charge on any atom is -0.299 e. The largest absolute Gasteiger partial charge is 0.299 e. The van der Waals surface area contributed by atoms with Crippen molar-refractivity contribution < 1.29 is 13.2 Å². The summed E-state index contributed by atoms with van der Waals surface area (Å²) < 4.78 is 28.6. The standard InChI is InChI=1S/C24H22N4O3S3/c1-18-9-8-12-20(15-18)28(34(30,31)21-13-6-3-7-14-21)16-22(29)25-23-26-27-24(33-23)32-17-19-10-4-2-5-11-19/h2-15H,16-17H2,1H3,(H,25,26,29). The summed E-state index contributed by atoms with van der Waals surface area (Å²) >= 11 is 2.77. The molecule has 4 aromatic rings. The van der Waals surface area contributed by atoms with Gasteiger partial charge in [-0.05, 0) is 42.3 Å². The van der Waals surface area contributed by atoms with E-state index in [1.807, 2.05) is 43.3 Å². The summed E-state index contributed by atoms with van der Waals surface area (Å²) in [6.07, 6.45) is 0. The van der Waals surface area contributed by atoms with E-state index in [4.69, 9.17) is 0 Å². The zero-order valence-corrected chi connectivity index (χ0v) is 20.7. The van der Waals surface area contributed by atoms with Gasteiger partial charge in [0.2, 0.25) is 11.0 Å². The minimum atomic E-state index is -3.96. The Morgan fingerprint density at radius 3 is 2.38 bits per heavy atom. The van der Waals surface area contributed by atoms with Crippen LogP contribution in [0.4, 0.5) is 10.8 Å². The van der Waals surface area contributed by atoms with Gasteiger partial charge in [-0.25, -0.2) is 8.42 Å². The van der Waals surface area contributed by atoms with Crippen LogP contribution < -0.4 is 9.62 Å². The molecule has 10 heteroatoms. The number of hydrogen-bond acceptors (Lipinski definition) is 7. The number of nitrogens with zero attached hydrogens (tertiary/aromatic N) is 3. The SMILES string of the molecule is Cc1cccc(N(CC(=O)Nc2nnc(SCc3ccccc3)s2)S(=O)(=O)c2ccccc2)c1. The molecule has 0 bridgehead atoms. The first-order valence-corrected chi connectivity index (χ1v) is 13.6. The molecule has 3 aromatic carbocycles. The number of nitrogens with one attached hydrogen (secondary N) is 1. The number of carbonyl (C=O) groups excluding carboxylic acids is 1. The minimum absolute atomic E-state index is 0.111. The molecule has 1 aromatic heterocycles. The van der Waals surface area contributed by atoms with E-state index in [0.29, 0.717) is 15.2 Å². The van der Waals surface area contributed by atoms with Crippen LogP contribution in [0.15, 0.2) is 94.2 Å². The van der Waals surface area contributed by atoms with E-state index in [9.17, 15) is 13.2 Å². The molecule has 7 nitrogen and oxygen atoms in total. The van der Waals surface area contributed by atoms with Gasteiger partial charge in [0.15, 0.2) is 4.34 Å². The van der Waals surface area contributed by atoms with E-state index in [1.165, 1.54) is 35.2 Å². The van der Waals surface area contributed by atoms with E-state index in [2.05, 4.69) is 15.5 Å². The molecule has 1 heterocycles. The molecule has 0 atom stereocenters. The lowest BCUT2D eigenvalue weighted by molar-refractivity contribution is -0.114. The summed E-state index contributed by atoms with van der Waals surface area (Å²) in [5, 5.41) is 11.2. The number of rotatable bonds is 9. The Bertz CT molecular complexity index is 1360. The number of carbonyl (C=O) groups is 1. The molecule has 0 aliphatic heterocycles. The molecule has 0 saturated heterocycles. The molecule has 0 unspecified atom stereocenters. The number of thioether (sulfide) groups is 1. The molecule has 0 aliphatic rings. The van der Waals surface area contributed by atoms with E-state index >= 15 is 0 Å². The third-order valence-electron chi connectivity index (χ3n) is 4.77. The maximum Gasteiger partial charge on any atom is 0.264 e. The van der Waals surface area contributed by atoms with Crippen LogP contribution in [0.5, 0.6) is 0 Å². The quantitative estimate of drug-likeness (QED) is 0.252. The van der Waals surface area contributed by atoms with Gasteiger partial charge in [-0.15, -0.1) is 10.2 Å². The number of sulfonamides is 1. The van der Waals surface area contributed by atoms with Crippen LogP contribution >= 0.6 is 23.1 Å².